The molecule has 21 heavy (non-hydrogen) atoms. The molecule has 0 spiro atoms. The maximum absolute atomic E-state index is 5.34. The molecular weight excluding hydrogens is 286 g/mol. The lowest BCUT2D eigenvalue weighted by atomic mass is 9.87. The first kappa shape index (κ1) is 15.5. The molecule has 112 valence electrons. The Hall–Kier alpha value is -1.86. The Kier molecular flexibility index (Phi) is 4.64. The molecule has 0 bridgehead atoms. The van der Waals surface area contributed by atoms with Crippen LogP contribution in [0, 0.1) is 0 Å². The van der Waals surface area contributed by atoms with Crippen LogP contribution in [0.25, 0.3) is 0 Å². The van der Waals surface area contributed by atoms with E-state index in [9.17, 15) is 0 Å². The summed E-state index contributed by atoms with van der Waals surface area (Å²) in [4.78, 5) is 13.4. The quantitative estimate of drug-likeness (QED) is 0.663. The largest absolute Gasteiger partial charge is 0.467 e. The molecule has 6 nitrogen and oxygen atoms in total. The van der Waals surface area contributed by atoms with Crippen molar-refractivity contribution in [3.63, 3.8) is 0 Å². The van der Waals surface area contributed by atoms with Crippen LogP contribution in [0.15, 0.2) is 34.3 Å². The van der Waals surface area contributed by atoms with Crippen LogP contribution in [-0.2, 0) is 5.41 Å². The number of rotatable bonds is 4. The summed E-state index contributed by atoms with van der Waals surface area (Å²) < 4.78 is 5.03. The number of hydrogen-bond acceptors (Lipinski definition) is 7. The van der Waals surface area contributed by atoms with Gasteiger partial charge in [0.2, 0.25) is 11.1 Å². The molecule has 7 heteroatoms. The van der Waals surface area contributed by atoms with Gasteiger partial charge in [-0.15, -0.1) is 0 Å². The Morgan fingerprint density at radius 2 is 1.76 bits per heavy atom. The number of benzene rings is 1. The molecule has 1 heterocycles. The lowest BCUT2D eigenvalue weighted by molar-refractivity contribution is 0.373. The van der Waals surface area contributed by atoms with E-state index in [-0.39, 0.29) is 17.4 Å². The van der Waals surface area contributed by atoms with Gasteiger partial charge in [-0.25, -0.2) is 5.84 Å². The second-order valence-corrected chi connectivity index (χ2v) is 6.49. The number of methoxy groups -OCH3 is 1. The molecule has 0 aliphatic carbocycles. The highest BCUT2D eigenvalue weighted by Crippen LogP contribution is 2.29. The molecule has 0 aliphatic rings. The summed E-state index contributed by atoms with van der Waals surface area (Å²) in [6, 6.07) is 8.56. The SMILES string of the molecule is COc1nc(NN)nc(Sc2ccc(C(C)(C)C)cc2)n1. The second kappa shape index (κ2) is 6.28. The third kappa shape index (κ3) is 4.05. The number of anilines is 1. The van der Waals surface area contributed by atoms with Gasteiger partial charge in [0, 0.05) is 4.90 Å². The van der Waals surface area contributed by atoms with Crippen LogP contribution in [-0.4, -0.2) is 22.1 Å². The minimum atomic E-state index is 0.135. The summed E-state index contributed by atoms with van der Waals surface area (Å²) in [5.74, 6) is 5.61. The number of nitrogen functional groups attached to an aromatic ring is 1. The lowest BCUT2D eigenvalue weighted by Gasteiger charge is -2.18. The Morgan fingerprint density at radius 1 is 1.10 bits per heavy atom. The van der Waals surface area contributed by atoms with Gasteiger partial charge in [0.1, 0.15) is 0 Å². The predicted octanol–water partition coefficient (Wildman–Crippen LogP) is 2.61. The monoisotopic (exact) mass is 305 g/mol. The highest BCUT2D eigenvalue weighted by Gasteiger charge is 2.13. The van der Waals surface area contributed by atoms with Crippen molar-refractivity contribution in [2.45, 2.75) is 36.2 Å². The van der Waals surface area contributed by atoms with Crippen molar-refractivity contribution in [3.05, 3.63) is 29.8 Å². The van der Waals surface area contributed by atoms with Crippen LogP contribution in [0.5, 0.6) is 6.01 Å². The molecule has 1 aromatic carbocycles. The van der Waals surface area contributed by atoms with Crippen molar-refractivity contribution in [1.82, 2.24) is 15.0 Å². The zero-order valence-corrected chi connectivity index (χ0v) is 13.4. The van der Waals surface area contributed by atoms with Gasteiger partial charge in [0.15, 0.2) is 0 Å². The van der Waals surface area contributed by atoms with Crippen molar-refractivity contribution in [3.8, 4) is 6.01 Å². The van der Waals surface area contributed by atoms with Crippen molar-refractivity contribution >= 4 is 17.7 Å². The molecule has 0 aliphatic heterocycles. The molecule has 0 fully saturated rings. The first-order chi connectivity index (χ1) is 9.92. The van der Waals surface area contributed by atoms with E-state index in [1.165, 1.54) is 24.4 Å². The molecule has 0 amide bonds. The number of ether oxygens (including phenoxy) is 1. The number of aromatic nitrogens is 3. The van der Waals surface area contributed by atoms with E-state index in [4.69, 9.17) is 10.6 Å². The van der Waals surface area contributed by atoms with E-state index < -0.39 is 0 Å². The second-order valence-electron chi connectivity index (χ2n) is 5.45. The van der Waals surface area contributed by atoms with Crippen molar-refractivity contribution in [1.29, 1.82) is 0 Å². The first-order valence-corrected chi connectivity index (χ1v) is 7.29. The number of nitrogens with zero attached hydrogens (tertiary/aromatic N) is 3. The van der Waals surface area contributed by atoms with E-state index in [0.717, 1.165) is 4.90 Å². The minimum absolute atomic E-state index is 0.135. The maximum atomic E-state index is 5.34. The smallest absolute Gasteiger partial charge is 0.322 e. The normalized spacial score (nSPS) is 11.3. The zero-order valence-electron chi connectivity index (χ0n) is 12.5. The molecule has 0 saturated heterocycles. The summed E-state index contributed by atoms with van der Waals surface area (Å²) in [5.41, 5.74) is 3.82. The van der Waals surface area contributed by atoms with Crippen LogP contribution < -0.4 is 16.0 Å². The predicted molar refractivity (Wildman–Crippen MR) is 83.5 cm³/mol. The van der Waals surface area contributed by atoms with Crippen molar-refractivity contribution in [2.24, 2.45) is 5.84 Å². The number of nitrogens with one attached hydrogen (secondary N) is 1. The number of hydrogen-bond donors (Lipinski definition) is 2. The first-order valence-electron chi connectivity index (χ1n) is 6.47. The zero-order chi connectivity index (χ0) is 15.5. The Morgan fingerprint density at radius 3 is 2.29 bits per heavy atom. The molecule has 0 radical (unpaired) electrons. The van der Waals surface area contributed by atoms with E-state index in [2.05, 4.69) is 65.4 Å². The van der Waals surface area contributed by atoms with Gasteiger partial charge in [0.05, 0.1) is 7.11 Å². The van der Waals surface area contributed by atoms with E-state index in [1.807, 2.05) is 0 Å². The summed E-state index contributed by atoms with van der Waals surface area (Å²) in [7, 11) is 1.50. The van der Waals surface area contributed by atoms with Gasteiger partial charge in [-0.2, -0.15) is 15.0 Å². The topological polar surface area (TPSA) is 86.0 Å². The molecule has 3 N–H and O–H groups in total. The van der Waals surface area contributed by atoms with Gasteiger partial charge in [-0.1, -0.05) is 32.9 Å². The van der Waals surface area contributed by atoms with Gasteiger partial charge in [-0.3, -0.25) is 5.43 Å². The summed E-state index contributed by atoms with van der Waals surface area (Å²) in [6.07, 6.45) is 0. The Bertz CT molecular complexity index is 588. The average molecular weight is 305 g/mol. The van der Waals surface area contributed by atoms with Gasteiger partial charge >= 0.3 is 6.01 Å². The fraction of sp³-hybridized carbons (Fsp3) is 0.357. The molecular formula is C14H19N5OS. The minimum Gasteiger partial charge on any atom is -0.467 e. The average Bonchev–Trinajstić information content (AvgIpc) is 2.46. The fourth-order valence-corrected chi connectivity index (χ4v) is 2.41. The van der Waals surface area contributed by atoms with Crippen LogP contribution in [0.1, 0.15) is 26.3 Å². The molecule has 2 aromatic rings. The van der Waals surface area contributed by atoms with Crippen LogP contribution >= 0.6 is 11.8 Å². The van der Waals surface area contributed by atoms with Crippen molar-refractivity contribution < 1.29 is 4.74 Å². The number of hydrazine groups is 1. The number of nitrogens with two attached hydrogens (primary N) is 1. The Labute approximate surface area is 128 Å². The van der Waals surface area contributed by atoms with Gasteiger partial charge < -0.3 is 4.74 Å². The highest BCUT2D eigenvalue weighted by atomic mass is 32.2. The summed E-state index contributed by atoms with van der Waals surface area (Å²) in [6.45, 7) is 6.56. The van der Waals surface area contributed by atoms with Crippen LogP contribution in [0.4, 0.5) is 5.95 Å². The maximum Gasteiger partial charge on any atom is 0.322 e. The molecule has 1 aromatic heterocycles. The van der Waals surface area contributed by atoms with Gasteiger partial charge in [0.25, 0.3) is 0 Å². The standard InChI is InChI=1S/C14H19N5OS/c1-14(2,3)9-5-7-10(8-6-9)21-13-17-11(19-15)16-12(18-13)20-4/h5-8H,15H2,1-4H3,(H,16,17,18,19). The molecule has 0 atom stereocenters. The third-order valence-electron chi connectivity index (χ3n) is 2.84. The molecule has 0 saturated carbocycles. The highest BCUT2D eigenvalue weighted by molar-refractivity contribution is 7.99. The van der Waals surface area contributed by atoms with Crippen molar-refractivity contribution in [2.75, 3.05) is 12.5 Å². The van der Waals surface area contributed by atoms with E-state index >= 15 is 0 Å². The van der Waals surface area contributed by atoms with Gasteiger partial charge in [-0.05, 0) is 34.9 Å². The van der Waals surface area contributed by atoms with E-state index in [0.29, 0.717) is 5.16 Å². The third-order valence-corrected chi connectivity index (χ3v) is 3.71. The molecule has 0 unspecified atom stereocenters. The van der Waals surface area contributed by atoms with Crippen LogP contribution in [0.2, 0.25) is 0 Å². The molecule has 2 rings (SSSR count). The Balaban J connectivity index is 2.22. The lowest BCUT2D eigenvalue weighted by Crippen LogP contribution is -2.12. The fourth-order valence-electron chi connectivity index (χ4n) is 1.67. The van der Waals surface area contributed by atoms with Crippen LogP contribution in [0.3, 0.4) is 0 Å². The summed E-state index contributed by atoms with van der Waals surface area (Å²) >= 11 is 1.43. The van der Waals surface area contributed by atoms with E-state index in [1.54, 1.807) is 0 Å². The summed E-state index contributed by atoms with van der Waals surface area (Å²) in [5, 5.41) is 0.526.